The maximum absolute atomic E-state index is 12.9. The van der Waals surface area contributed by atoms with Gasteiger partial charge < -0.3 is 4.74 Å². The zero-order valence-electron chi connectivity index (χ0n) is 6.97. The lowest BCUT2D eigenvalue weighted by atomic mass is 10.1. The fraction of sp³-hybridized carbons (Fsp3) is 0.222. The average Bonchev–Trinajstić information content (AvgIpc) is 2.11. The molecule has 4 heteroatoms. The molecule has 0 aliphatic carbocycles. The van der Waals surface area contributed by atoms with Crippen LogP contribution in [-0.2, 0) is 6.42 Å². The lowest BCUT2D eigenvalue weighted by Crippen LogP contribution is -1.93. The summed E-state index contributed by atoms with van der Waals surface area (Å²) in [5.74, 6) is -0.0966. The van der Waals surface area contributed by atoms with Crippen LogP contribution in [0.5, 0.6) is 5.75 Å². The quantitative estimate of drug-likeness (QED) is 0.734. The highest BCUT2D eigenvalue weighted by Crippen LogP contribution is 2.26. The Balaban J connectivity index is 3.18. The molecule has 68 valence electrons. The van der Waals surface area contributed by atoms with Crippen LogP contribution in [0.3, 0.4) is 0 Å². The Morgan fingerprint density at radius 2 is 2.31 bits per heavy atom. The molecule has 0 saturated carbocycles. The van der Waals surface area contributed by atoms with E-state index in [1.54, 1.807) is 0 Å². The van der Waals surface area contributed by atoms with E-state index in [0.29, 0.717) is 11.3 Å². The molecule has 0 fully saturated rings. The minimum absolute atomic E-state index is 0.00135. The molecule has 0 amide bonds. The zero-order chi connectivity index (χ0) is 9.84. The summed E-state index contributed by atoms with van der Waals surface area (Å²) >= 11 is 5.53. The Kier molecular flexibility index (Phi) is 3.10. The van der Waals surface area contributed by atoms with E-state index in [1.165, 1.54) is 19.2 Å². The molecule has 13 heavy (non-hydrogen) atoms. The highest BCUT2D eigenvalue weighted by atomic mass is 35.5. The molecular weight excluding hydrogens is 193 g/mol. The molecule has 0 atom stereocenters. The Labute approximate surface area is 80.5 Å². The van der Waals surface area contributed by atoms with E-state index in [0.717, 1.165) is 0 Å². The fourth-order valence-electron chi connectivity index (χ4n) is 0.983. The van der Waals surface area contributed by atoms with Gasteiger partial charge in [0.1, 0.15) is 11.6 Å². The Hall–Kier alpha value is -1.27. The molecule has 1 aromatic rings. The highest BCUT2D eigenvalue weighted by Gasteiger charge is 2.08. The second kappa shape index (κ2) is 4.11. The lowest BCUT2D eigenvalue weighted by molar-refractivity contribution is 0.409. The molecule has 0 N–H and O–H groups in total. The molecule has 0 aliphatic heterocycles. The van der Waals surface area contributed by atoms with Gasteiger partial charge in [0.15, 0.2) is 0 Å². The van der Waals surface area contributed by atoms with Crippen LogP contribution in [0.2, 0.25) is 5.02 Å². The molecule has 0 aromatic heterocycles. The molecule has 1 rings (SSSR count). The summed E-state index contributed by atoms with van der Waals surface area (Å²) in [6.45, 7) is 0. The molecule has 1 aromatic carbocycles. The van der Waals surface area contributed by atoms with Crippen molar-refractivity contribution in [1.29, 1.82) is 5.26 Å². The second-order valence-corrected chi connectivity index (χ2v) is 2.82. The number of ether oxygens (including phenoxy) is 1. The smallest absolute Gasteiger partial charge is 0.142 e. The fourth-order valence-corrected chi connectivity index (χ4v) is 1.14. The van der Waals surface area contributed by atoms with Gasteiger partial charge in [0.25, 0.3) is 0 Å². The van der Waals surface area contributed by atoms with Crippen LogP contribution in [0.4, 0.5) is 4.39 Å². The predicted molar refractivity (Wildman–Crippen MR) is 47.3 cm³/mol. The molecule has 0 radical (unpaired) electrons. The molecule has 0 unspecified atom stereocenters. The number of nitriles is 1. The summed E-state index contributed by atoms with van der Waals surface area (Å²) in [6.07, 6.45) is 0.108. The number of halogens is 2. The molecule has 0 heterocycles. The van der Waals surface area contributed by atoms with E-state index in [-0.39, 0.29) is 11.4 Å². The largest absolute Gasteiger partial charge is 0.496 e. The van der Waals surface area contributed by atoms with Crippen molar-refractivity contribution in [2.75, 3.05) is 7.11 Å². The van der Waals surface area contributed by atoms with E-state index >= 15 is 0 Å². The van der Waals surface area contributed by atoms with E-state index < -0.39 is 5.82 Å². The normalized spacial score (nSPS) is 9.38. The summed E-state index contributed by atoms with van der Waals surface area (Å²) < 4.78 is 17.9. The van der Waals surface area contributed by atoms with Crippen LogP contribution in [0.1, 0.15) is 5.56 Å². The summed E-state index contributed by atoms with van der Waals surface area (Å²) in [5, 5.41) is 8.44. The van der Waals surface area contributed by atoms with Crippen molar-refractivity contribution >= 4 is 11.6 Å². The third-order valence-electron chi connectivity index (χ3n) is 1.59. The number of hydrogen-bond acceptors (Lipinski definition) is 2. The van der Waals surface area contributed by atoms with Crippen molar-refractivity contribution in [1.82, 2.24) is 0 Å². The third kappa shape index (κ3) is 2.10. The van der Waals surface area contributed by atoms with Crippen LogP contribution < -0.4 is 4.74 Å². The first-order chi connectivity index (χ1) is 6.19. The standard InChI is InChI=1S/C9H7ClFNO/c1-13-9-5-7(10)8(11)4-6(9)2-3-12/h4-5H,2H2,1H3. The van der Waals surface area contributed by atoms with Gasteiger partial charge in [0.05, 0.1) is 24.6 Å². The zero-order valence-corrected chi connectivity index (χ0v) is 7.73. The summed E-state index contributed by atoms with van der Waals surface area (Å²) in [6, 6.07) is 4.49. The van der Waals surface area contributed by atoms with Crippen LogP contribution in [0.25, 0.3) is 0 Å². The topological polar surface area (TPSA) is 33.0 Å². The van der Waals surface area contributed by atoms with Crippen molar-refractivity contribution in [3.05, 3.63) is 28.5 Å². The number of methoxy groups -OCH3 is 1. The first-order valence-corrected chi connectivity index (χ1v) is 3.95. The summed E-state index contributed by atoms with van der Waals surface area (Å²) in [4.78, 5) is 0. The third-order valence-corrected chi connectivity index (χ3v) is 1.88. The Morgan fingerprint density at radius 1 is 1.62 bits per heavy atom. The van der Waals surface area contributed by atoms with Crippen LogP contribution in [0.15, 0.2) is 12.1 Å². The number of rotatable bonds is 2. The van der Waals surface area contributed by atoms with Gasteiger partial charge in [-0.05, 0) is 6.07 Å². The lowest BCUT2D eigenvalue weighted by Gasteiger charge is -2.06. The molecular formula is C9H7ClFNO. The number of hydrogen-bond donors (Lipinski definition) is 0. The van der Waals surface area contributed by atoms with Gasteiger partial charge >= 0.3 is 0 Å². The van der Waals surface area contributed by atoms with Gasteiger partial charge in [-0.25, -0.2) is 4.39 Å². The van der Waals surface area contributed by atoms with Gasteiger partial charge in [-0.3, -0.25) is 0 Å². The molecule has 0 spiro atoms. The first-order valence-electron chi connectivity index (χ1n) is 3.58. The van der Waals surface area contributed by atoms with Crippen molar-refractivity contribution < 1.29 is 9.13 Å². The van der Waals surface area contributed by atoms with Gasteiger partial charge in [-0.2, -0.15) is 5.26 Å². The molecule has 0 saturated heterocycles. The van der Waals surface area contributed by atoms with Crippen molar-refractivity contribution in [2.24, 2.45) is 0 Å². The van der Waals surface area contributed by atoms with Gasteiger partial charge in [0, 0.05) is 11.6 Å². The van der Waals surface area contributed by atoms with Crippen LogP contribution >= 0.6 is 11.6 Å². The predicted octanol–water partition coefficient (Wildman–Crippen LogP) is 2.55. The van der Waals surface area contributed by atoms with Gasteiger partial charge in [-0.15, -0.1) is 0 Å². The summed E-state index contributed by atoms with van der Waals surface area (Å²) in [5.41, 5.74) is 0.506. The number of nitrogens with zero attached hydrogens (tertiary/aromatic N) is 1. The van der Waals surface area contributed by atoms with Gasteiger partial charge in [-0.1, -0.05) is 11.6 Å². The van der Waals surface area contributed by atoms with Crippen molar-refractivity contribution in [2.45, 2.75) is 6.42 Å². The Bertz CT molecular complexity index is 359. The first kappa shape index (κ1) is 9.82. The van der Waals surface area contributed by atoms with Crippen molar-refractivity contribution in [3.63, 3.8) is 0 Å². The minimum Gasteiger partial charge on any atom is -0.496 e. The highest BCUT2D eigenvalue weighted by molar-refractivity contribution is 6.30. The molecule has 0 bridgehead atoms. The Morgan fingerprint density at radius 3 is 2.85 bits per heavy atom. The second-order valence-electron chi connectivity index (χ2n) is 2.41. The monoisotopic (exact) mass is 199 g/mol. The van der Waals surface area contributed by atoms with Gasteiger partial charge in [0.2, 0.25) is 0 Å². The minimum atomic E-state index is -0.535. The van der Waals surface area contributed by atoms with Crippen LogP contribution in [0, 0.1) is 17.1 Å². The van der Waals surface area contributed by atoms with E-state index in [4.69, 9.17) is 21.6 Å². The van der Waals surface area contributed by atoms with E-state index in [9.17, 15) is 4.39 Å². The molecule has 2 nitrogen and oxygen atoms in total. The molecule has 0 aliphatic rings. The SMILES string of the molecule is COc1cc(Cl)c(F)cc1CC#N. The maximum Gasteiger partial charge on any atom is 0.142 e. The average molecular weight is 200 g/mol. The van der Waals surface area contributed by atoms with E-state index in [1.807, 2.05) is 6.07 Å². The van der Waals surface area contributed by atoms with Crippen molar-refractivity contribution in [3.8, 4) is 11.8 Å². The van der Waals surface area contributed by atoms with E-state index in [2.05, 4.69) is 0 Å². The number of benzene rings is 1. The van der Waals surface area contributed by atoms with Crippen LogP contribution in [-0.4, -0.2) is 7.11 Å². The maximum atomic E-state index is 12.9. The summed E-state index contributed by atoms with van der Waals surface area (Å²) in [7, 11) is 1.45.